The second-order valence-electron chi connectivity index (χ2n) is 7.43. The minimum atomic E-state index is -0.314. The van der Waals surface area contributed by atoms with Crippen LogP contribution < -0.4 is 4.90 Å². The number of hydrogen-bond donors (Lipinski definition) is 0. The number of halogens is 1. The summed E-state index contributed by atoms with van der Waals surface area (Å²) in [4.78, 5) is 28.9. The highest BCUT2D eigenvalue weighted by atomic mass is 19.1. The Labute approximate surface area is 157 Å². The molecule has 27 heavy (non-hydrogen) atoms. The molecule has 3 heterocycles. The molecule has 0 unspecified atom stereocenters. The topological polar surface area (TPSA) is 53.8 Å². The molecular weight excluding hydrogens is 347 g/mol. The van der Waals surface area contributed by atoms with Gasteiger partial charge in [0.15, 0.2) is 0 Å². The Morgan fingerprint density at radius 2 is 1.96 bits per heavy atom. The van der Waals surface area contributed by atoms with E-state index in [-0.39, 0.29) is 23.5 Å². The SMILES string of the molecule is Cc1cc(F)c2c(c1)CCCN2C(=O)C1CCN(C(=O)c2ccoc2)CC1. The Morgan fingerprint density at radius 1 is 1.19 bits per heavy atom. The molecule has 6 heteroatoms. The van der Waals surface area contributed by atoms with Crippen LogP contribution >= 0.6 is 0 Å². The van der Waals surface area contributed by atoms with Gasteiger partial charge in [0.05, 0.1) is 17.5 Å². The summed E-state index contributed by atoms with van der Waals surface area (Å²) in [5, 5.41) is 0. The van der Waals surface area contributed by atoms with Crippen molar-refractivity contribution >= 4 is 17.5 Å². The number of benzene rings is 1. The lowest BCUT2D eigenvalue weighted by atomic mass is 9.92. The summed E-state index contributed by atoms with van der Waals surface area (Å²) >= 11 is 0. The molecule has 1 saturated heterocycles. The van der Waals surface area contributed by atoms with Crippen molar-refractivity contribution in [3.63, 3.8) is 0 Å². The van der Waals surface area contributed by atoms with Crippen LogP contribution in [-0.2, 0) is 11.2 Å². The number of furan rings is 1. The van der Waals surface area contributed by atoms with Crippen LogP contribution in [0.2, 0.25) is 0 Å². The minimum Gasteiger partial charge on any atom is -0.472 e. The van der Waals surface area contributed by atoms with Crippen molar-refractivity contribution in [3.8, 4) is 0 Å². The van der Waals surface area contributed by atoms with E-state index in [1.54, 1.807) is 15.9 Å². The van der Waals surface area contributed by atoms with Crippen LogP contribution in [0.5, 0.6) is 0 Å². The van der Waals surface area contributed by atoms with E-state index in [2.05, 4.69) is 0 Å². The third-order valence-electron chi connectivity index (χ3n) is 5.55. The molecule has 0 atom stereocenters. The summed E-state index contributed by atoms with van der Waals surface area (Å²) in [7, 11) is 0. The number of amides is 2. The minimum absolute atomic E-state index is 0.0193. The predicted octanol–water partition coefficient (Wildman–Crippen LogP) is 3.56. The molecule has 1 aromatic carbocycles. The molecule has 0 spiro atoms. The van der Waals surface area contributed by atoms with Crippen molar-refractivity contribution in [2.75, 3.05) is 24.5 Å². The zero-order valence-electron chi connectivity index (χ0n) is 15.4. The van der Waals surface area contributed by atoms with Crippen molar-refractivity contribution in [1.82, 2.24) is 4.90 Å². The molecule has 2 aliphatic rings. The number of rotatable bonds is 2. The fourth-order valence-electron chi connectivity index (χ4n) is 4.18. The summed E-state index contributed by atoms with van der Waals surface area (Å²) in [6.07, 6.45) is 5.76. The highest BCUT2D eigenvalue weighted by Gasteiger charge is 2.34. The molecule has 0 aliphatic carbocycles. The van der Waals surface area contributed by atoms with E-state index < -0.39 is 0 Å². The normalized spacial score (nSPS) is 17.7. The number of piperidine rings is 1. The van der Waals surface area contributed by atoms with E-state index in [1.165, 1.54) is 18.6 Å². The van der Waals surface area contributed by atoms with Crippen LogP contribution in [0.25, 0.3) is 0 Å². The standard InChI is InChI=1S/C21H23FN2O3/c1-14-11-16-3-2-7-24(19(16)18(22)12-14)21(26)15-4-8-23(9-5-15)20(25)17-6-10-27-13-17/h6,10-13,15H,2-5,7-9H2,1H3. The quantitative estimate of drug-likeness (QED) is 0.812. The van der Waals surface area contributed by atoms with Crippen LogP contribution in [-0.4, -0.2) is 36.3 Å². The molecule has 0 N–H and O–H groups in total. The molecule has 142 valence electrons. The lowest BCUT2D eigenvalue weighted by Gasteiger charge is -2.36. The number of aryl methyl sites for hydroxylation is 2. The number of fused-ring (bicyclic) bond motifs is 1. The summed E-state index contributed by atoms with van der Waals surface area (Å²) in [6.45, 7) is 3.48. The van der Waals surface area contributed by atoms with E-state index >= 15 is 0 Å². The third kappa shape index (κ3) is 3.36. The Morgan fingerprint density at radius 3 is 2.67 bits per heavy atom. The first-order chi connectivity index (χ1) is 13.0. The average molecular weight is 370 g/mol. The molecule has 0 bridgehead atoms. The Bertz CT molecular complexity index is 855. The van der Waals surface area contributed by atoms with Crippen molar-refractivity contribution in [2.24, 2.45) is 5.92 Å². The van der Waals surface area contributed by atoms with Gasteiger partial charge in [-0.05, 0) is 55.9 Å². The highest BCUT2D eigenvalue weighted by molar-refractivity contribution is 5.97. The maximum Gasteiger partial charge on any atom is 0.257 e. The predicted molar refractivity (Wildman–Crippen MR) is 99.1 cm³/mol. The largest absolute Gasteiger partial charge is 0.472 e. The molecule has 5 nitrogen and oxygen atoms in total. The molecule has 2 aliphatic heterocycles. The van der Waals surface area contributed by atoms with E-state index in [4.69, 9.17) is 4.42 Å². The molecule has 0 saturated carbocycles. The van der Waals surface area contributed by atoms with Gasteiger partial charge in [-0.15, -0.1) is 0 Å². The highest BCUT2D eigenvalue weighted by Crippen LogP contribution is 2.33. The van der Waals surface area contributed by atoms with E-state index in [1.807, 2.05) is 13.0 Å². The zero-order valence-corrected chi connectivity index (χ0v) is 15.4. The van der Waals surface area contributed by atoms with Gasteiger partial charge in [-0.2, -0.15) is 0 Å². The number of hydrogen-bond acceptors (Lipinski definition) is 3. The molecule has 1 fully saturated rings. The number of carbonyl (C=O) groups is 2. The van der Waals surface area contributed by atoms with Gasteiger partial charge in [-0.1, -0.05) is 6.07 Å². The summed E-state index contributed by atoms with van der Waals surface area (Å²) in [6, 6.07) is 5.12. The van der Waals surface area contributed by atoms with Gasteiger partial charge >= 0.3 is 0 Å². The van der Waals surface area contributed by atoms with Crippen LogP contribution in [0.15, 0.2) is 35.1 Å². The van der Waals surface area contributed by atoms with Gasteiger partial charge in [0.2, 0.25) is 5.91 Å². The van der Waals surface area contributed by atoms with Crippen molar-refractivity contribution < 1.29 is 18.4 Å². The zero-order chi connectivity index (χ0) is 19.0. The number of nitrogens with zero attached hydrogens (tertiary/aromatic N) is 2. The van der Waals surface area contributed by atoms with E-state index in [0.717, 1.165) is 24.0 Å². The first-order valence-corrected chi connectivity index (χ1v) is 9.46. The monoisotopic (exact) mass is 370 g/mol. The van der Waals surface area contributed by atoms with Crippen molar-refractivity contribution in [1.29, 1.82) is 0 Å². The van der Waals surface area contributed by atoms with Gasteiger partial charge < -0.3 is 14.2 Å². The van der Waals surface area contributed by atoms with Crippen LogP contribution in [0.3, 0.4) is 0 Å². The molecule has 4 rings (SSSR count). The molecular formula is C21H23FN2O3. The lowest BCUT2D eigenvalue weighted by molar-refractivity contribution is -0.123. The molecule has 0 radical (unpaired) electrons. The number of carbonyl (C=O) groups excluding carboxylic acids is 2. The fraction of sp³-hybridized carbons (Fsp3) is 0.429. The van der Waals surface area contributed by atoms with Crippen molar-refractivity contribution in [3.05, 3.63) is 53.2 Å². The molecule has 2 aromatic rings. The fourth-order valence-corrected chi connectivity index (χ4v) is 4.18. The Balaban J connectivity index is 1.46. The molecule has 2 amide bonds. The smallest absolute Gasteiger partial charge is 0.257 e. The van der Waals surface area contributed by atoms with E-state index in [9.17, 15) is 14.0 Å². The van der Waals surface area contributed by atoms with Gasteiger partial charge in [0, 0.05) is 25.6 Å². The van der Waals surface area contributed by atoms with E-state index in [0.29, 0.717) is 43.7 Å². The van der Waals surface area contributed by atoms with Gasteiger partial charge in [0.1, 0.15) is 12.1 Å². The Hall–Kier alpha value is -2.63. The van der Waals surface area contributed by atoms with Gasteiger partial charge in [-0.25, -0.2) is 4.39 Å². The maximum atomic E-state index is 14.6. The molecule has 1 aromatic heterocycles. The van der Waals surface area contributed by atoms with Gasteiger partial charge in [0.25, 0.3) is 5.91 Å². The first kappa shape index (κ1) is 17.8. The summed E-state index contributed by atoms with van der Waals surface area (Å²) < 4.78 is 19.6. The Kier molecular flexibility index (Phi) is 4.72. The average Bonchev–Trinajstić information content (AvgIpc) is 3.21. The second kappa shape index (κ2) is 7.18. The van der Waals surface area contributed by atoms with Gasteiger partial charge in [-0.3, -0.25) is 9.59 Å². The van der Waals surface area contributed by atoms with Crippen LogP contribution in [0, 0.1) is 18.7 Å². The number of likely N-dealkylation sites (tertiary alicyclic amines) is 1. The summed E-state index contributed by atoms with van der Waals surface area (Å²) in [5.41, 5.74) is 2.78. The summed E-state index contributed by atoms with van der Waals surface area (Å²) in [5.74, 6) is -0.579. The first-order valence-electron chi connectivity index (χ1n) is 9.46. The lowest BCUT2D eigenvalue weighted by Crippen LogP contribution is -2.46. The second-order valence-corrected chi connectivity index (χ2v) is 7.43. The van der Waals surface area contributed by atoms with Crippen molar-refractivity contribution in [2.45, 2.75) is 32.6 Å². The third-order valence-corrected chi connectivity index (χ3v) is 5.55. The maximum absolute atomic E-state index is 14.6. The van der Waals surface area contributed by atoms with Crippen LogP contribution in [0.1, 0.15) is 40.7 Å². The number of anilines is 1. The van der Waals surface area contributed by atoms with Crippen LogP contribution in [0.4, 0.5) is 10.1 Å².